The molecule has 0 aliphatic carbocycles. The zero-order valence-electron chi connectivity index (χ0n) is 9.86. The summed E-state index contributed by atoms with van der Waals surface area (Å²) in [5.74, 6) is -0.228. The molecule has 0 amide bonds. The molecule has 2 rings (SSSR count). The molecule has 0 fully saturated rings. The Balaban J connectivity index is 2.20. The molecule has 0 aliphatic heterocycles. The van der Waals surface area contributed by atoms with Gasteiger partial charge in [-0.1, -0.05) is 36.4 Å². The van der Waals surface area contributed by atoms with Gasteiger partial charge in [0.25, 0.3) is 0 Å². The fraction of sp³-hybridized carbons (Fsp3) is 0.200. The van der Waals surface area contributed by atoms with Gasteiger partial charge in [-0.3, -0.25) is 0 Å². The van der Waals surface area contributed by atoms with Crippen molar-refractivity contribution in [1.29, 1.82) is 0 Å². The van der Waals surface area contributed by atoms with E-state index in [4.69, 9.17) is 5.73 Å². The maximum Gasteiger partial charge on any atom is 0.123 e. The second-order valence-corrected chi connectivity index (χ2v) is 4.30. The summed E-state index contributed by atoms with van der Waals surface area (Å²) < 4.78 is 13.2. The number of hydrogen-bond acceptors (Lipinski definition) is 1. The molecule has 2 aromatic carbocycles. The van der Waals surface area contributed by atoms with E-state index in [1.165, 1.54) is 17.7 Å². The topological polar surface area (TPSA) is 26.0 Å². The molecule has 2 aromatic rings. The lowest BCUT2D eigenvalue weighted by Gasteiger charge is -2.15. The van der Waals surface area contributed by atoms with Crippen LogP contribution in [0.3, 0.4) is 0 Å². The van der Waals surface area contributed by atoms with Crippen LogP contribution in [0.15, 0.2) is 48.5 Å². The first-order valence-electron chi connectivity index (χ1n) is 5.72. The van der Waals surface area contributed by atoms with Gasteiger partial charge in [0.15, 0.2) is 0 Å². The van der Waals surface area contributed by atoms with Crippen molar-refractivity contribution >= 4 is 0 Å². The van der Waals surface area contributed by atoms with Gasteiger partial charge < -0.3 is 5.73 Å². The summed E-state index contributed by atoms with van der Waals surface area (Å²) in [5, 5.41) is 0. The molecule has 2 heteroatoms. The summed E-state index contributed by atoms with van der Waals surface area (Å²) in [4.78, 5) is 0. The fourth-order valence-electron chi connectivity index (χ4n) is 1.99. The maximum atomic E-state index is 13.2. The van der Waals surface area contributed by atoms with E-state index >= 15 is 0 Å². The van der Waals surface area contributed by atoms with Gasteiger partial charge in [0.05, 0.1) is 0 Å². The van der Waals surface area contributed by atoms with Gasteiger partial charge in [-0.2, -0.15) is 0 Å². The summed E-state index contributed by atoms with van der Waals surface area (Å²) in [6.07, 6.45) is 0.727. The number of aryl methyl sites for hydroxylation is 1. The molecule has 1 nitrogen and oxygen atoms in total. The molecule has 0 aliphatic rings. The zero-order valence-corrected chi connectivity index (χ0v) is 9.86. The Kier molecular flexibility index (Phi) is 3.55. The van der Waals surface area contributed by atoms with Crippen LogP contribution < -0.4 is 5.73 Å². The fourth-order valence-corrected chi connectivity index (χ4v) is 1.99. The van der Waals surface area contributed by atoms with Gasteiger partial charge >= 0.3 is 0 Å². The third kappa shape index (κ3) is 2.92. The van der Waals surface area contributed by atoms with E-state index in [1.807, 2.05) is 37.3 Å². The van der Waals surface area contributed by atoms with Crippen molar-refractivity contribution in [2.45, 2.75) is 19.4 Å². The number of hydrogen-bond donors (Lipinski definition) is 1. The summed E-state index contributed by atoms with van der Waals surface area (Å²) in [7, 11) is 0. The Labute approximate surface area is 101 Å². The first-order chi connectivity index (χ1) is 8.16. The third-order valence-corrected chi connectivity index (χ3v) is 2.94. The highest BCUT2D eigenvalue weighted by molar-refractivity contribution is 5.31. The molecule has 1 atom stereocenters. The van der Waals surface area contributed by atoms with E-state index < -0.39 is 0 Å². The van der Waals surface area contributed by atoms with Crippen molar-refractivity contribution in [3.8, 4) is 0 Å². The number of nitrogens with two attached hydrogens (primary N) is 1. The molecule has 17 heavy (non-hydrogen) atoms. The predicted molar refractivity (Wildman–Crippen MR) is 68.2 cm³/mol. The normalized spacial score (nSPS) is 12.4. The van der Waals surface area contributed by atoms with Crippen molar-refractivity contribution in [1.82, 2.24) is 0 Å². The molecule has 0 aromatic heterocycles. The third-order valence-electron chi connectivity index (χ3n) is 2.94. The molecular weight excluding hydrogens is 213 g/mol. The van der Waals surface area contributed by atoms with E-state index in [0.29, 0.717) is 0 Å². The van der Waals surface area contributed by atoms with Crippen LogP contribution in [-0.2, 0) is 6.42 Å². The molecule has 0 saturated heterocycles. The average molecular weight is 229 g/mol. The van der Waals surface area contributed by atoms with E-state index in [9.17, 15) is 4.39 Å². The minimum atomic E-state index is -0.228. The van der Waals surface area contributed by atoms with Gasteiger partial charge in [-0.05, 0) is 42.2 Å². The summed E-state index contributed by atoms with van der Waals surface area (Å²) >= 11 is 0. The molecule has 0 heterocycles. The van der Waals surface area contributed by atoms with Crippen LogP contribution in [0.4, 0.5) is 4.39 Å². The van der Waals surface area contributed by atoms with Gasteiger partial charge in [0.1, 0.15) is 5.82 Å². The van der Waals surface area contributed by atoms with Crippen molar-refractivity contribution in [3.63, 3.8) is 0 Å². The van der Waals surface area contributed by atoms with Crippen molar-refractivity contribution in [2.24, 2.45) is 5.73 Å². The van der Waals surface area contributed by atoms with Gasteiger partial charge in [-0.15, -0.1) is 0 Å². The second-order valence-electron chi connectivity index (χ2n) is 4.30. The quantitative estimate of drug-likeness (QED) is 0.858. The molecule has 2 N–H and O–H groups in total. The van der Waals surface area contributed by atoms with Crippen molar-refractivity contribution < 1.29 is 4.39 Å². The van der Waals surface area contributed by atoms with Gasteiger partial charge in [-0.25, -0.2) is 4.39 Å². The summed E-state index contributed by atoms with van der Waals surface area (Å²) in [5.41, 5.74) is 9.22. The van der Waals surface area contributed by atoms with Crippen molar-refractivity contribution in [2.75, 3.05) is 0 Å². The van der Waals surface area contributed by atoms with Crippen LogP contribution in [0.2, 0.25) is 0 Å². The molecule has 0 spiro atoms. The lowest BCUT2D eigenvalue weighted by Crippen LogP contribution is -2.14. The molecule has 88 valence electrons. The second kappa shape index (κ2) is 5.11. The monoisotopic (exact) mass is 229 g/mol. The lowest BCUT2D eigenvalue weighted by atomic mass is 9.96. The Morgan fingerprint density at radius 2 is 1.82 bits per heavy atom. The van der Waals surface area contributed by atoms with E-state index in [-0.39, 0.29) is 11.9 Å². The maximum absolute atomic E-state index is 13.2. The lowest BCUT2D eigenvalue weighted by molar-refractivity contribution is 0.617. The van der Waals surface area contributed by atoms with E-state index in [1.54, 1.807) is 6.07 Å². The van der Waals surface area contributed by atoms with Gasteiger partial charge in [0.2, 0.25) is 0 Å². The van der Waals surface area contributed by atoms with Crippen LogP contribution in [-0.4, -0.2) is 0 Å². The minimum Gasteiger partial charge on any atom is -0.324 e. The summed E-state index contributed by atoms with van der Waals surface area (Å²) in [6, 6.07) is 14.6. The molecule has 0 radical (unpaired) electrons. The van der Waals surface area contributed by atoms with E-state index in [2.05, 4.69) is 0 Å². The number of benzene rings is 2. The van der Waals surface area contributed by atoms with Crippen LogP contribution in [0.1, 0.15) is 22.7 Å². The summed E-state index contributed by atoms with van der Waals surface area (Å²) in [6.45, 7) is 1.96. The standard InChI is InChI=1S/C15H16FN/c1-11-7-8-13(16)10-14(11)15(17)9-12-5-3-2-4-6-12/h2-8,10,15H,9,17H2,1H3. The van der Waals surface area contributed by atoms with Crippen LogP contribution >= 0.6 is 0 Å². The highest BCUT2D eigenvalue weighted by Crippen LogP contribution is 2.20. The SMILES string of the molecule is Cc1ccc(F)cc1C(N)Cc1ccccc1. The minimum absolute atomic E-state index is 0.159. The Hall–Kier alpha value is -1.67. The highest BCUT2D eigenvalue weighted by Gasteiger charge is 2.10. The number of halogens is 1. The van der Waals surface area contributed by atoms with Crippen LogP contribution in [0, 0.1) is 12.7 Å². The van der Waals surface area contributed by atoms with Gasteiger partial charge in [0, 0.05) is 6.04 Å². The number of rotatable bonds is 3. The molecule has 0 bridgehead atoms. The highest BCUT2D eigenvalue weighted by atomic mass is 19.1. The molecular formula is C15H16FN. The van der Waals surface area contributed by atoms with E-state index in [0.717, 1.165) is 17.5 Å². The van der Waals surface area contributed by atoms with Crippen LogP contribution in [0.5, 0.6) is 0 Å². The zero-order chi connectivity index (χ0) is 12.3. The first kappa shape index (κ1) is 11.8. The average Bonchev–Trinajstić information content (AvgIpc) is 2.33. The molecule has 0 saturated carbocycles. The van der Waals surface area contributed by atoms with Crippen LogP contribution in [0.25, 0.3) is 0 Å². The Morgan fingerprint density at radius 1 is 1.12 bits per heavy atom. The predicted octanol–water partition coefficient (Wildman–Crippen LogP) is 3.38. The van der Waals surface area contributed by atoms with Crippen molar-refractivity contribution in [3.05, 3.63) is 71.0 Å². The first-order valence-corrected chi connectivity index (χ1v) is 5.72. The largest absolute Gasteiger partial charge is 0.324 e. The Bertz CT molecular complexity index is 494. The smallest absolute Gasteiger partial charge is 0.123 e. The molecule has 1 unspecified atom stereocenters. The Morgan fingerprint density at radius 3 is 2.53 bits per heavy atom.